The Hall–Kier alpha value is -4.34. The number of fused-ring (bicyclic) bond motifs is 1. The molecule has 0 aromatic carbocycles. The third-order valence-corrected chi connectivity index (χ3v) is 12.3. The molecule has 0 bridgehead atoms. The first-order chi connectivity index (χ1) is 27.7. The first-order valence-corrected chi connectivity index (χ1v) is 20.2. The molecule has 17 heteroatoms. The van der Waals surface area contributed by atoms with Crippen molar-refractivity contribution in [1.82, 2.24) is 29.8 Å². The van der Waals surface area contributed by atoms with Crippen molar-refractivity contribution in [2.75, 3.05) is 27.7 Å². The highest BCUT2D eigenvalue weighted by molar-refractivity contribution is 6.08. The van der Waals surface area contributed by atoms with Crippen LogP contribution in [0.4, 0.5) is 9.18 Å². The number of rotatable bonds is 8. The summed E-state index contributed by atoms with van der Waals surface area (Å²) in [6.07, 6.45) is -2.36. The lowest BCUT2D eigenvalue weighted by Gasteiger charge is -2.47. The lowest BCUT2D eigenvalue weighted by atomic mass is 9.73. The molecule has 324 valence electrons. The average Bonchev–Trinajstić information content (AvgIpc) is 3.78. The zero-order valence-electron chi connectivity index (χ0n) is 35.9. The van der Waals surface area contributed by atoms with Crippen LogP contribution in [0.5, 0.6) is 0 Å². The molecule has 3 fully saturated rings. The topological polar surface area (TPSA) is 185 Å². The normalized spacial score (nSPS) is 37.3. The molecule has 3 aliphatic rings. The van der Waals surface area contributed by atoms with E-state index < -0.39 is 83.1 Å². The van der Waals surface area contributed by atoms with E-state index in [2.05, 4.69) is 27.1 Å². The van der Waals surface area contributed by atoms with Crippen LogP contribution >= 0.6 is 0 Å². The minimum absolute atomic E-state index is 0.0362. The molecule has 3 aliphatic heterocycles. The second-order valence-electron chi connectivity index (χ2n) is 16.9. The SMILES string of the molecule is CC[C@H]1OC(=O)[C@@](C)(F)C(=O)[C@H](C)[C@@H](O[C@@H]2O[C@H](C)CC(N(C)C)C2O)[C@](C)(OC)C[C@@H](C)C(=O)[C@H](C)[C@H]2N(CC#CCn3cc(-c4ccccn4)nn3)C(=O)O[C@]12C. The molecule has 0 saturated carbocycles. The number of aromatic nitrogens is 4. The number of cyclic esters (lactones) is 1. The van der Waals surface area contributed by atoms with Gasteiger partial charge in [0.15, 0.2) is 17.7 Å². The van der Waals surface area contributed by atoms with Crippen LogP contribution in [0.3, 0.4) is 0 Å². The Bertz CT molecular complexity index is 1900. The number of amides is 1. The Morgan fingerprint density at radius 2 is 1.73 bits per heavy atom. The Balaban J connectivity index is 1.50. The predicted molar refractivity (Wildman–Crippen MR) is 211 cm³/mol. The van der Waals surface area contributed by atoms with Crippen molar-refractivity contribution in [2.45, 2.75) is 141 Å². The Morgan fingerprint density at radius 1 is 1.03 bits per heavy atom. The summed E-state index contributed by atoms with van der Waals surface area (Å²) < 4.78 is 48.8. The van der Waals surface area contributed by atoms with Crippen LogP contribution in [0, 0.1) is 29.6 Å². The van der Waals surface area contributed by atoms with E-state index in [0.717, 1.165) is 6.92 Å². The zero-order chi connectivity index (χ0) is 43.6. The van der Waals surface area contributed by atoms with Gasteiger partial charge in [0, 0.05) is 37.1 Å². The van der Waals surface area contributed by atoms with Crippen molar-refractivity contribution in [3.63, 3.8) is 0 Å². The third kappa shape index (κ3) is 9.22. The van der Waals surface area contributed by atoms with E-state index in [9.17, 15) is 24.3 Å². The molecule has 59 heavy (non-hydrogen) atoms. The van der Waals surface area contributed by atoms with Gasteiger partial charge in [-0.05, 0) is 73.2 Å². The number of ether oxygens (including phenoxy) is 5. The van der Waals surface area contributed by atoms with Crippen molar-refractivity contribution < 1.29 is 52.4 Å². The van der Waals surface area contributed by atoms with E-state index in [4.69, 9.17) is 23.7 Å². The summed E-state index contributed by atoms with van der Waals surface area (Å²) >= 11 is 0. The van der Waals surface area contributed by atoms with Gasteiger partial charge in [-0.25, -0.2) is 18.7 Å². The van der Waals surface area contributed by atoms with Crippen molar-refractivity contribution in [3.8, 4) is 23.2 Å². The van der Waals surface area contributed by atoms with E-state index in [1.54, 1.807) is 59.1 Å². The number of ketones is 2. The van der Waals surface area contributed by atoms with Crippen LogP contribution in [0.25, 0.3) is 11.4 Å². The molecule has 5 heterocycles. The van der Waals surface area contributed by atoms with E-state index in [-0.39, 0.29) is 43.9 Å². The lowest BCUT2D eigenvalue weighted by molar-refractivity contribution is -0.295. The van der Waals surface area contributed by atoms with Crippen LogP contribution in [-0.2, 0) is 44.6 Å². The molecule has 0 radical (unpaired) electrons. The van der Waals surface area contributed by atoms with Crippen LogP contribution in [0.1, 0.15) is 74.7 Å². The van der Waals surface area contributed by atoms with Gasteiger partial charge in [-0.3, -0.25) is 19.5 Å². The van der Waals surface area contributed by atoms with E-state index in [1.807, 2.05) is 32.0 Å². The second-order valence-corrected chi connectivity index (χ2v) is 16.9. The van der Waals surface area contributed by atoms with Crippen LogP contribution in [0.2, 0.25) is 0 Å². The Morgan fingerprint density at radius 3 is 2.36 bits per heavy atom. The maximum Gasteiger partial charge on any atom is 0.411 e. The minimum atomic E-state index is -3.21. The molecule has 2 unspecified atom stereocenters. The number of carbonyl (C=O) groups is 4. The summed E-state index contributed by atoms with van der Waals surface area (Å²) in [6, 6.07) is 4.02. The molecular formula is C42H59FN6O10. The maximum atomic E-state index is 16.9. The first kappa shape index (κ1) is 45.7. The van der Waals surface area contributed by atoms with Crippen LogP contribution < -0.4 is 0 Å². The molecule has 0 spiro atoms. The average molecular weight is 827 g/mol. The third-order valence-electron chi connectivity index (χ3n) is 12.3. The van der Waals surface area contributed by atoms with Gasteiger partial charge in [0.2, 0.25) is 0 Å². The first-order valence-electron chi connectivity index (χ1n) is 20.2. The molecule has 1 N–H and O–H groups in total. The van der Waals surface area contributed by atoms with E-state index >= 15 is 4.39 Å². The summed E-state index contributed by atoms with van der Waals surface area (Å²) in [7, 11) is 5.01. The van der Waals surface area contributed by atoms with Gasteiger partial charge in [0.1, 0.15) is 30.2 Å². The molecule has 13 atom stereocenters. The minimum Gasteiger partial charge on any atom is -0.455 e. The van der Waals surface area contributed by atoms with Crippen molar-refractivity contribution in [1.29, 1.82) is 0 Å². The highest BCUT2D eigenvalue weighted by atomic mass is 19.1. The molecule has 2 aromatic rings. The number of halogens is 1. The number of nitrogens with zero attached hydrogens (tertiary/aromatic N) is 6. The maximum absolute atomic E-state index is 16.9. The molecule has 2 aromatic heterocycles. The number of aliphatic hydroxyl groups is 1. The predicted octanol–water partition coefficient (Wildman–Crippen LogP) is 3.64. The number of Topliss-reactive ketones (excluding diaryl/α,β-unsaturated/α-hetero) is 2. The molecule has 1 amide bonds. The van der Waals surface area contributed by atoms with Crippen LogP contribution in [-0.4, -0.2) is 146 Å². The number of methoxy groups -OCH3 is 1. The van der Waals surface area contributed by atoms with Crippen molar-refractivity contribution in [2.24, 2.45) is 17.8 Å². The molecular weight excluding hydrogens is 767 g/mol. The molecule has 0 aliphatic carbocycles. The van der Waals surface area contributed by atoms with Gasteiger partial charge < -0.3 is 33.7 Å². The number of aliphatic hydroxyl groups excluding tert-OH is 1. The Kier molecular flexibility index (Phi) is 14.0. The molecule has 16 nitrogen and oxygen atoms in total. The van der Waals surface area contributed by atoms with Gasteiger partial charge in [-0.1, -0.05) is 50.8 Å². The number of pyridine rings is 1. The van der Waals surface area contributed by atoms with E-state index in [0.29, 0.717) is 17.8 Å². The van der Waals surface area contributed by atoms with E-state index in [1.165, 1.54) is 23.6 Å². The fourth-order valence-corrected chi connectivity index (χ4v) is 8.93. The number of hydrogen-bond donors (Lipinski definition) is 1. The molecule has 5 rings (SSSR count). The zero-order valence-corrected chi connectivity index (χ0v) is 35.9. The lowest BCUT2D eigenvalue weighted by Crippen LogP contribution is -2.61. The fourth-order valence-electron chi connectivity index (χ4n) is 8.93. The largest absolute Gasteiger partial charge is 0.455 e. The number of alkyl halides is 1. The summed E-state index contributed by atoms with van der Waals surface area (Å²) in [5.41, 5.74) is -5.15. The second kappa shape index (κ2) is 18.1. The van der Waals surface area contributed by atoms with Gasteiger partial charge in [-0.15, -0.1) is 5.10 Å². The summed E-state index contributed by atoms with van der Waals surface area (Å²) in [6.45, 7) is 12.2. The summed E-state index contributed by atoms with van der Waals surface area (Å²) in [5, 5.41) is 19.7. The highest BCUT2D eigenvalue weighted by Gasteiger charge is 2.61. The van der Waals surface area contributed by atoms with Crippen molar-refractivity contribution >= 4 is 23.6 Å². The van der Waals surface area contributed by atoms with Gasteiger partial charge in [0.25, 0.3) is 5.67 Å². The fraction of sp³-hybridized carbons (Fsp3) is 0.690. The number of hydrogen-bond acceptors (Lipinski definition) is 14. The molecule has 3 saturated heterocycles. The monoisotopic (exact) mass is 826 g/mol. The van der Waals surface area contributed by atoms with Crippen molar-refractivity contribution in [3.05, 3.63) is 30.6 Å². The number of carbonyl (C=O) groups excluding carboxylic acids is 4. The summed E-state index contributed by atoms with van der Waals surface area (Å²) in [5.74, 6) is -0.0792. The van der Waals surface area contributed by atoms with Gasteiger partial charge in [-0.2, -0.15) is 0 Å². The van der Waals surface area contributed by atoms with Crippen LogP contribution in [0.15, 0.2) is 30.6 Å². The number of likely N-dealkylation sites (N-methyl/N-ethyl adjacent to an activating group) is 1. The van der Waals surface area contributed by atoms with Gasteiger partial charge in [0.05, 0.1) is 42.3 Å². The number of esters is 1. The van der Waals surface area contributed by atoms with Gasteiger partial charge >= 0.3 is 12.1 Å². The highest BCUT2D eigenvalue weighted by Crippen LogP contribution is 2.43. The smallest absolute Gasteiger partial charge is 0.411 e. The Labute approximate surface area is 345 Å². The summed E-state index contributed by atoms with van der Waals surface area (Å²) in [4.78, 5) is 64.0. The standard InChI is InChI=1S/C42H59FN6O10/c1-12-31-42(8)34(49(39(54)59-42)20-16-15-19-48-23-29(45-46-48)28-17-13-14-18-44-28)26(4)32(50)24(2)22-40(6,55-11)36(27(5)35(52)41(7,43)38(53)57-31)58-37-33(51)30(47(9)10)21-25(3)56-37/h13-14,17-18,23-27,30-31,33-34,36-37,51H,12,19-22H2,1-11H3/t24-,25-,26+,27+,30?,31-,33?,34-,36-,37+,40-,41+,42-/m1/s1. The quantitative estimate of drug-likeness (QED) is 0.231.